The van der Waals surface area contributed by atoms with Crippen molar-refractivity contribution in [3.63, 3.8) is 0 Å². The normalized spacial score (nSPS) is 15.3. The average molecular weight is 406 g/mol. The van der Waals surface area contributed by atoms with Crippen molar-refractivity contribution in [3.05, 3.63) is 93.4 Å². The molecule has 5 nitrogen and oxygen atoms in total. The van der Waals surface area contributed by atoms with Gasteiger partial charge in [-0.1, -0.05) is 72.4 Å². The standard InChI is InChI=1S/C23H23N3O2S/c1-15-16(2)24-23-26(22(15)28)19(14-29-23)13-20(27)25-21(17-9-5-3-6-10-17)18-11-7-4-8-12-18/h3-12,19,21H,13-14H2,1-2H3,(H,25,27). The average Bonchev–Trinajstić information content (AvgIpc) is 3.13. The summed E-state index contributed by atoms with van der Waals surface area (Å²) in [5.41, 5.74) is 3.41. The van der Waals surface area contributed by atoms with Gasteiger partial charge in [0.25, 0.3) is 5.56 Å². The summed E-state index contributed by atoms with van der Waals surface area (Å²) >= 11 is 1.54. The molecule has 1 aromatic heterocycles. The summed E-state index contributed by atoms with van der Waals surface area (Å²) in [6.07, 6.45) is 0.250. The first-order chi connectivity index (χ1) is 14.0. The van der Waals surface area contributed by atoms with Crippen LogP contribution in [0.25, 0.3) is 0 Å². The van der Waals surface area contributed by atoms with Crippen molar-refractivity contribution in [3.8, 4) is 0 Å². The minimum absolute atomic E-state index is 0.0435. The molecule has 0 saturated carbocycles. The first kappa shape index (κ1) is 19.5. The number of carbonyl (C=O) groups excluding carboxylic acids is 1. The molecule has 1 aliphatic heterocycles. The van der Waals surface area contributed by atoms with Crippen molar-refractivity contribution in [2.45, 2.75) is 37.5 Å². The van der Waals surface area contributed by atoms with Crippen LogP contribution in [0.4, 0.5) is 0 Å². The molecule has 4 rings (SSSR count). The van der Waals surface area contributed by atoms with Crippen LogP contribution in [0, 0.1) is 13.8 Å². The molecule has 2 aromatic carbocycles. The lowest BCUT2D eigenvalue weighted by molar-refractivity contribution is -0.122. The number of hydrogen-bond donors (Lipinski definition) is 1. The predicted octanol–water partition coefficient (Wildman–Crippen LogP) is 3.80. The molecule has 0 radical (unpaired) electrons. The van der Waals surface area contributed by atoms with E-state index in [-0.39, 0.29) is 30.0 Å². The highest BCUT2D eigenvalue weighted by Crippen LogP contribution is 2.33. The lowest BCUT2D eigenvalue weighted by atomic mass is 9.98. The largest absolute Gasteiger partial charge is 0.345 e. The molecule has 1 unspecified atom stereocenters. The van der Waals surface area contributed by atoms with Gasteiger partial charge < -0.3 is 5.32 Å². The minimum atomic E-state index is -0.229. The highest BCUT2D eigenvalue weighted by atomic mass is 32.2. The van der Waals surface area contributed by atoms with Crippen LogP contribution in [0.1, 0.15) is 40.9 Å². The lowest BCUT2D eigenvalue weighted by Crippen LogP contribution is -2.34. The summed E-state index contributed by atoms with van der Waals surface area (Å²) in [4.78, 5) is 30.2. The third-order valence-corrected chi connectivity index (χ3v) is 6.41. The van der Waals surface area contributed by atoms with Crippen LogP contribution in [0.3, 0.4) is 0 Å². The summed E-state index contributed by atoms with van der Waals surface area (Å²) in [5.74, 6) is 0.603. The molecule has 2 heterocycles. The van der Waals surface area contributed by atoms with E-state index in [1.165, 1.54) is 11.8 Å². The number of hydrogen-bond acceptors (Lipinski definition) is 4. The molecular weight excluding hydrogens is 382 g/mol. The maximum absolute atomic E-state index is 13.0. The number of nitrogens with zero attached hydrogens (tertiary/aromatic N) is 2. The van der Waals surface area contributed by atoms with Gasteiger partial charge in [0, 0.05) is 23.4 Å². The van der Waals surface area contributed by atoms with E-state index in [2.05, 4.69) is 10.3 Å². The molecule has 148 valence electrons. The van der Waals surface area contributed by atoms with Gasteiger partial charge in [-0.2, -0.15) is 0 Å². The Bertz CT molecular complexity index is 1040. The van der Waals surface area contributed by atoms with Gasteiger partial charge in [-0.15, -0.1) is 0 Å². The second kappa shape index (κ2) is 8.25. The summed E-state index contributed by atoms with van der Waals surface area (Å²) in [5, 5.41) is 3.88. The molecule has 6 heteroatoms. The van der Waals surface area contributed by atoms with Gasteiger partial charge in [-0.3, -0.25) is 14.2 Å². The number of carbonyl (C=O) groups is 1. The van der Waals surface area contributed by atoms with Crippen LogP contribution in [0.2, 0.25) is 0 Å². The Balaban J connectivity index is 1.57. The van der Waals surface area contributed by atoms with Gasteiger partial charge in [0.15, 0.2) is 5.16 Å². The van der Waals surface area contributed by atoms with Gasteiger partial charge in [0.05, 0.1) is 12.1 Å². The lowest BCUT2D eigenvalue weighted by Gasteiger charge is -2.21. The Morgan fingerprint density at radius 1 is 1.10 bits per heavy atom. The van der Waals surface area contributed by atoms with Crippen LogP contribution in [-0.4, -0.2) is 21.2 Å². The monoisotopic (exact) mass is 405 g/mol. The summed E-state index contributed by atoms with van der Waals surface area (Å²) < 4.78 is 1.69. The van der Waals surface area contributed by atoms with Crippen LogP contribution < -0.4 is 10.9 Å². The van der Waals surface area contributed by atoms with Crippen molar-refractivity contribution in [2.75, 3.05) is 5.75 Å². The van der Waals surface area contributed by atoms with Crippen molar-refractivity contribution in [1.82, 2.24) is 14.9 Å². The third-order valence-electron chi connectivity index (χ3n) is 5.31. The molecule has 29 heavy (non-hydrogen) atoms. The second-order valence-corrected chi connectivity index (χ2v) is 8.26. The first-order valence-corrected chi connectivity index (χ1v) is 10.6. The number of thioether (sulfide) groups is 1. The van der Waals surface area contributed by atoms with Crippen molar-refractivity contribution in [1.29, 1.82) is 0 Å². The molecule has 0 bridgehead atoms. The van der Waals surface area contributed by atoms with Crippen LogP contribution in [0.5, 0.6) is 0 Å². The fraction of sp³-hybridized carbons (Fsp3) is 0.261. The number of nitrogens with one attached hydrogen (secondary N) is 1. The van der Waals surface area contributed by atoms with E-state index < -0.39 is 0 Å². The van der Waals surface area contributed by atoms with Crippen molar-refractivity contribution in [2.24, 2.45) is 0 Å². The Morgan fingerprint density at radius 3 is 2.28 bits per heavy atom. The maximum Gasteiger partial charge on any atom is 0.257 e. The zero-order chi connectivity index (χ0) is 20.4. The number of fused-ring (bicyclic) bond motifs is 1. The summed E-state index contributed by atoms with van der Waals surface area (Å²) in [7, 11) is 0. The molecule has 0 fully saturated rings. The predicted molar refractivity (Wildman–Crippen MR) is 115 cm³/mol. The van der Waals surface area contributed by atoms with Crippen LogP contribution in [0.15, 0.2) is 70.6 Å². The van der Waals surface area contributed by atoms with E-state index in [1.54, 1.807) is 11.5 Å². The minimum Gasteiger partial charge on any atom is -0.345 e. The van der Waals surface area contributed by atoms with Crippen molar-refractivity contribution < 1.29 is 4.79 Å². The molecular formula is C23H23N3O2S. The zero-order valence-electron chi connectivity index (χ0n) is 16.5. The van der Waals surface area contributed by atoms with E-state index in [0.29, 0.717) is 16.5 Å². The molecule has 0 spiro atoms. The second-order valence-electron chi connectivity index (χ2n) is 7.27. The Kier molecular flexibility index (Phi) is 5.53. The number of rotatable bonds is 5. The molecule has 3 aromatic rings. The van der Waals surface area contributed by atoms with Gasteiger partial charge in [-0.25, -0.2) is 4.98 Å². The first-order valence-electron chi connectivity index (χ1n) is 9.66. The molecule has 0 saturated heterocycles. The van der Waals surface area contributed by atoms with Crippen LogP contribution >= 0.6 is 11.8 Å². The maximum atomic E-state index is 13.0. The summed E-state index contributed by atoms with van der Waals surface area (Å²) in [6.45, 7) is 3.64. The van der Waals surface area contributed by atoms with E-state index in [1.807, 2.05) is 67.6 Å². The third kappa shape index (κ3) is 3.98. The Labute approximate surface area is 174 Å². The van der Waals surface area contributed by atoms with E-state index in [9.17, 15) is 9.59 Å². The number of benzene rings is 2. The van der Waals surface area contributed by atoms with Gasteiger partial charge in [0.2, 0.25) is 5.91 Å². The fourth-order valence-electron chi connectivity index (χ4n) is 3.61. The topological polar surface area (TPSA) is 64.0 Å². The highest BCUT2D eigenvalue weighted by Gasteiger charge is 2.29. The van der Waals surface area contributed by atoms with E-state index in [4.69, 9.17) is 0 Å². The van der Waals surface area contributed by atoms with E-state index >= 15 is 0 Å². The molecule has 1 N–H and O–H groups in total. The van der Waals surface area contributed by atoms with Gasteiger partial charge in [-0.05, 0) is 25.0 Å². The molecule has 1 amide bonds. The Morgan fingerprint density at radius 2 is 1.69 bits per heavy atom. The SMILES string of the molecule is Cc1nc2n(c(=O)c1C)C(CC(=O)NC(c1ccccc1)c1ccccc1)CS2. The zero-order valence-corrected chi connectivity index (χ0v) is 17.3. The summed E-state index contributed by atoms with van der Waals surface area (Å²) in [6, 6.07) is 19.4. The van der Waals surface area contributed by atoms with Crippen molar-refractivity contribution >= 4 is 17.7 Å². The fourth-order valence-corrected chi connectivity index (χ4v) is 4.79. The van der Waals surface area contributed by atoms with Crippen LogP contribution in [-0.2, 0) is 4.79 Å². The molecule has 1 atom stereocenters. The van der Waals surface area contributed by atoms with Gasteiger partial charge >= 0.3 is 0 Å². The molecule has 0 aliphatic carbocycles. The Hall–Kier alpha value is -2.86. The van der Waals surface area contributed by atoms with E-state index in [0.717, 1.165) is 16.8 Å². The quantitative estimate of drug-likeness (QED) is 0.656. The van der Waals surface area contributed by atoms with Gasteiger partial charge in [0.1, 0.15) is 0 Å². The number of aromatic nitrogens is 2. The number of amides is 1. The number of aryl methyl sites for hydroxylation is 1. The smallest absolute Gasteiger partial charge is 0.257 e. The molecule has 1 aliphatic rings. The highest BCUT2D eigenvalue weighted by molar-refractivity contribution is 7.99.